The Balaban J connectivity index is 2.44. The molecular weight excluding hydrogens is 244 g/mol. The van der Waals surface area contributed by atoms with Gasteiger partial charge < -0.3 is 15.3 Å². The molecule has 0 bridgehead atoms. The average Bonchev–Trinajstić information content (AvgIpc) is 2.22. The molecule has 19 heavy (non-hydrogen) atoms. The first-order chi connectivity index (χ1) is 8.61. The molecule has 2 unspecified atom stereocenters. The highest BCUT2D eigenvalue weighted by atomic mass is 16.3. The van der Waals surface area contributed by atoms with Crippen LogP contribution in [0.1, 0.15) is 47.0 Å². The third kappa shape index (κ3) is 2.14. The standard InChI is InChI=1S/C15H26O4/c1-8(2)11-9(16)7-14(3)10(17)5-6-15(4,19)13(14)12(11)18/h8-9,11-13,16,18-19H,5-7H2,1-4H3/t9-,11+,12?,13?,14-,15-/m0/s1. The van der Waals surface area contributed by atoms with E-state index in [0.717, 1.165) is 0 Å². The first-order valence-corrected chi connectivity index (χ1v) is 7.23. The van der Waals surface area contributed by atoms with E-state index in [4.69, 9.17) is 0 Å². The molecular formula is C15H26O4. The zero-order chi connectivity index (χ0) is 14.6. The van der Waals surface area contributed by atoms with Crippen molar-refractivity contribution in [3.8, 4) is 0 Å². The monoisotopic (exact) mass is 270 g/mol. The molecule has 0 aromatic heterocycles. The Morgan fingerprint density at radius 1 is 1.26 bits per heavy atom. The van der Waals surface area contributed by atoms with Crippen LogP contribution in [0.5, 0.6) is 0 Å². The Morgan fingerprint density at radius 2 is 1.84 bits per heavy atom. The van der Waals surface area contributed by atoms with Crippen molar-refractivity contribution in [2.75, 3.05) is 0 Å². The Hall–Kier alpha value is -0.450. The van der Waals surface area contributed by atoms with E-state index >= 15 is 0 Å². The lowest BCUT2D eigenvalue weighted by Crippen LogP contribution is -2.65. The first-order valence-electron chi connectivity index (χ1n) is 7.23. The number of carbonyl (C=O) groups is 1. The molecule has 110 valence electrons. The van der Waals surface area contributed by atoms with E-state index in [1.807, 2.05) is 13.8 Å². The highest BCUT2D eigenvalue weighted by Crippen LogP contribution is 2.54. The molecule has 0 aliphatic heterocycles. The molecule has 6 atom stereocenters. The lowest BCUT2D eigenvalue weighted by atomic mass is 9.50. The summed E-state index contributed by atoms with van der Waals surface area (Å²) >= 11 is 0. The van der Waals surface area contributed by atoms with Crippen molar-refractivity contribution in [1.82, 2.24) is 0 Å². The second-order valence-corrected chi connectivity index (χ2v) is 7.26. The van der Waals surface area contributed by atoms with Crippen molar-refractivity contribution < 1.29 is 20.1 Å². The van der Waals surface area contributed by atoms with Crippen molar-refractivity contribution in [1.29, 1.82) is 0 Å². The van der Waals surface area contributed by atoms with Crippen LogP contribution in [0.15, 0.2) is 0 Å². The molecule has 2 fully saturated rings. The summed E-state index contributed by atoms with van der Waals surface area (Å²) in [5.74, 6) is -0.598. The Bertz CT molecular complexity index is 376. The van der Waals surface area contributed by atoms with Crippen LogP contribution < -0.4 is 0 Å². The van der Waals surface area contributed by atoms with Gasteiger partial charge in [-0.2, -0.15) is 0 Å². The summed E-state index contributed by atoms with van der Waals surface area (Å²) in [4.78, 5) is 12.3. The largest absolute Gasteiger partial charge is 0.393 e. The smallest absolute Gasteiger partial charge is 0.139 e. The summed E-state index contributed by atoms with van der Waals surface area (Å²) < 4.78 is 0. The lowest BCUT2D eigenvalue weighted by Gasteiger charge is -2.57. The minimum Gasteiger partial charge on any atom is -0.393 e. The minimum atomic E-state index is -1.05. The van der Waals surface area contributed by atoms with Gasteiger partial charge in [0.15, 0.2) is 0 Å². The average molecular weight is 270 g/mol. The quantitative estimate of drug-likeness (QED) is 0.667. The fourth-order valence-corrected chi connectivity index (χ4v) is 4.51. The molecule has 4 nitrogen and oxygen atoms in total. The zero-order valence-corrected chi connectivity index (χ0v) is 12.3. The number of hydrogen-bond acceptors (Lipinski definition) is 4. The van der Waals surface area contributed by atoms with Crippen molar-refractivity contribution >= 4 is 5.78 Å². The fraction of sp³-hybridized carbons (Fsp3) is 0.933. The number of hydrogen-bond donors (Lipinski definition) is 3. The number of Topliss-reactive ketones (excluding diaryl/α,β-unsaturated/α-hetero) is 1. The van der Waals surface area contributed by atoms with Crippen molar-refractivity contribution in [3.63, 3.8) is 0 Å². The van der Waals surface area contributed by atoms with Gasteiger partial charge in [0.25, 0.3) is 0 Å². The number of ketones is 1. The summed E-state index contributed by atoms with van der Waals surface area (Å²) in [6.45, 7) is 7.41. The van der Waals surface area contributed by atoms with Gasteiger partial charge in [-0.15, -0.1) is 0 Å². The number of carbonyl (C=O) groups excluding carboxylic acids is 1. The number of aliphatic hydroxyl groups excluding tert-OH is 2. The predicted molar refractivity (Wildman–Crippen MR) is 71.4 cm³/mol. The van der Waals surface area contributed by atoms with Crippen molar-refractivity contribution in [2.24, 2.45) is 23.2 Å². The number of fused-ring (bicyclic) bond motifs is 1. The van der Waals surface area contributed by atoms with E-state index in [9.17, 15) is 20.1 Å². The number of rotatable bonds is 1. The van der Waals surface area contributed by atoms with E-state index in [1.54, 1.807) is 13.8 Å². The maximum atomic E-state index is 12.3. The highest BCUT2D eigenvalue weighted by molar-refractivity contribution is 5.86. The minimum absolute atomic E-state index is 0.0596. The van der Waals surface area contributed by atoms with Gasteiger partial charge in [0.05, 0.1) is 17.8 Å². The predicted octanol–water partition coefficient (Wildman–Crippen LogP) is 1.12. The van der Waals surface area contributed by atoms with Crippen LogP contribution in [0, 0.1) is 23.2 Å². The van der Waals surface area contributed by atoms with Crippen LogP contribution in [0.4, 0.5) is 0 Å². The molecule has 0 heterocycles. The van der Waals surface area contributed by atoms with E-state index < -0.39 is 29.1 Å². The van der Waals surface area contributed by atoms with Crippen LogP contribution in [0.3, 0.4) is 0 Å². The second-order valence-electron chi connectivity index (χ2n) is 7.26. The van der Waals surface area contributed by atoms with E-state index in [0.29, 0.717) is 19.3 Å². The Morgan fingerprint density at radius 3 is 2.37 bits per heavy atom. The van der Waals surface area contributed by atoms with Crippen molar-refractivity contribution in [3.05, 3.63) is 0 Å². The first kappa shape index (κ1) is 14.9. The molecule has 0 radical (unpaired) electrons. The van der Waals surface area contributed by atoms with Gasteiger partial charge in [-0.1, -0.05) is 20.8 Å². The van der Waals surface area contributed by atoms with Crippen LogP contribution in [-0.2, 0) is 4.79 Å². The third-order valence-corrected chi connectivity index (χ3v) is 5.43. The fourth-order valence-electron chi connectivity index (χ4n) is 4.51. The molecule has 2 rings (SSSR count). The zero-order valence-electron chi connectivity index (χ0n) is 12.3. The van der Waals surface area contributed by atoms with E-state index in [2.05, 4.69) is 0 Å². The third-order valence-electron chi connectivity index (χ3n) is 5.43. The van der Waals surface area contributed by atoms with Gasteiger partial charge in [-0.05, 0) is 25.7 Å². The second kappa shape index (κ2) is 4.54. The molecule has 2 saturated carbocycles. The molecule has 0 spiro atoms. The summed E-state index contributed by atoms with van der Waals surface area (Å²) in [5, 5.41) is 31.6. The lowest BCUT2D eigenvalue weighted by molar-refractivity contribution is -0.209. The maximum Gasteiger partial charge on any atom is 0.139 e. The molecule has 3 N–H and O–H groups in total. The molecule has 0 amide bonds. The number of aliphatic hydroxyl groups is 3. The van der Waals surface area contributed by atoms with Crippen molar-refractivity contribution in [2.45, 2.75) is 64.8 Å². The molecule has 2 aliphatic carbocycles. The Kier molecular flexibility index (Phi) is 3.57. The summed E-state index contributed by atoms with van der Waals surface area (Å²) in [6.07, 6.45) is -0.468. The van der Waals surface area contributed by atoms with Gasteiger partial charge in [0, 0.05) is 23.7 Å². The summed E-state index contributed by atoms with van der Waals surface area (Å²) in [6, 6.07) is 0. The topological polar surface area (TPSA) is 77.8 Å². The highest BCUT2D eigenvalue weighted by Gasteiger charge is 2.61. The van der Waals surface area contributed by atoms with E-state index in [1.165, 1.54) is 0 Å². The molecule has 0 saturated heterocycles. The van der Waals surface area contributed by atoms with Gasteiger partial charge in [0.1, 0.15) is 5.78 Å². The van der Waals surface area contributed by atoms with E-state index in [-0.39, 0.29) is 17.6 Å². The maximum absolute atomic E-state index is 12.3. The Labute approximate surface area is 114 Å². The molecule has 0 aromatic carbocycles. The SMILES string of the molecule is CC(C)[C@H]1C(O)C2[C@@](C)(O)CCC(=O)[C@]2(C)C[C@@H]1O. The molecule has 4 heteroatoms. The van der Waals surface area contributed by atoms with Crippen LogP contribution in [-0.4, -0.2) is 38.9 Å². The van der Waals surface area contributed by atoms with Crippen LogP contribution in [0.25, 0.3) is 0 Å². The van der Waals surface area contributed by atoms with Crippen LogP contribution >= 0.6 is 0 Å². The van der Waals surface area contributed by atoms with Gasteiger partial charge in [-0.25, -0.2) is 0 Å². The van der Waals surface area contributed by atoms with Gasteiger partial charge in [-0.3, -0.25) is 4.79 Å². The summed E-state index contributed by atoms with van der Waals surface area (Å²) in [5.41, 5.74) is -1.86. The normalized spacial score (nSPS) is 51.3. The van der Waals surface area contributed by atoms with Crippen LogP contribution in [0.2, 0.25) is 0 Å². The molecule has 2 aliphatic rings. The van der Waals surface area contributed by atoms with Gasteiger partial charge in [0.2, 0.25) is 0 Å². The molecule has 0 aromatic rings. The summed E-state index contributed by atoms with van der Waals surface area (Å²) in [7, 11) is 0. The van der Waals surface area contributed by atoms with Gasteiger partial charge >= 0.3 is 0 Å².